The Morgan fingerprint density at radius 1 is 1.18 bits per heavy atom. The second-order valence-corrected chi connectivity index (χ2v) is 7.55. The lowest BCUT2D eigenvalue weighted by Gasteiger charge is -2.32. The number of carbonyl (C=O) groups excluding carboxylic acids is 4. The molecular weight excluding hydrogens is 368 g/mol. The van der Waals surface area contributed by atoms with E-state index < -0.39 is 18.0 Å². The number of nitrogens with one attached hydrogen (secondary N) is 1. The number of ether oxygens (including phenoxy) is 1. The molecule has 1 aliphatic heterocycles. The lowest BCUT2D eigenvalue weighted by atomic mass is 9.92. The van der Waals surface area contributed by atoms with Crippen molar-refractivity contribution in [2.45, 2.75) is 63.1 Å². The van der Waals surface area contributed by atoms with Crippen LogP contribution in [0.15, 0.2) is 0 Å². The summed E-state index contributed by atoms with van der Waals surface area (Å²) in [7, 11) is 4.06. The molecule has 0 aromatic rings. The highest BCUT2D eigenvalue weighted by atomic mass is 16.6. The molecule has 2 rings (SSSR count). The summed E-state index contributed by atoms with van der Waals surface area (Å²) in [5, 5.41) is 11.7. The molecule has 2 fully saturated rings. The van der Waals surface area contributed by atoms with Gasteiger partial charge in [-0.1, -0.05) is 0 Å². The molecule has 4 amide bonds. The summed E-state index contributed by atoms with van der Waals surface area (Å²) in [5.74, 6) is -0.914. The number of hydroxylamine groups is 2. The van der Waals surface area contributed by atoms with Crippen molar-refractivity contribution in [1.82, 2.24) is 20.2 Å². The van der Waals surface area contributed by atoms with Crippen molar-refractivity contribution in [3.8, 4) is 0 Å². The Balaban J connectivity index is 1.78. The predicted molar refractivity (Wildman–Crippen MR) is 98.3 cm³/mol. The van der Waals surface area contributed by atoms with Crippen LogP contribution in [0.5, 0.6) is 0 Å². The molecule has 10 nitrogen and oxygen atoms in total. The van der Waals surface area contributed by atoms with E-state index in [4.69, 9.17) is 9.94 Å². The van der Waals surface area contributed by atoms with E-state index in [0.717, 1.165) is 25.7 Å². The maximum absolute atomic E-state index is 12.4. The number of alkyl carbamates (subject to hydrolysis) is 1. The Labute approximate surface area is 164 Å². The van der Waals surface area contributed by atoms with Gasteiger partial charge >= 0.3 is 6.09 Å². The summed E-state index contributed by atoms with van der Waals surface area (Å²) in [6.45, 7) is 0.248. The molecule has 10 heteroatoms. The van der Waals surface area contributed by atoms with Crippen LogP contribution in [0.3, 0.4) is 0 Å². The molecule has 0 aromatic carbocycles. The Bertz CT molecular complexity index is 576. The van der Waals surface area contributed by atoms with Crippen molar-refractivity contribution in [2.24, 2.45) is 0 Å². The van der Waals surface area contributed by atoms with Gasteiger partial charge in [0.05, 0.1) is 6.54 Å². The van der Waals surface area contributed by atoms with Gasteiger partial charge < -0.3 is 14.5 Å². The molecular formula is C18H30N4O6. The van der Waals surface area contributed by atoms with Gasteiger partial charge in [0.1, 0.15) is 12.1 Å². The minimum atomic E-state index is -0.778. The Morgan fingerprint density at radius 2 is 1.86 bits per heavy atom. The van der Waals surface area contributed by atoms with Gasteiger partial charge in [-0.3, -0.25) is 24.9 Å². The standard InChI is InChI=1S/C18H30N4O6/c1-20(2)13-5-7-14(8-6-13)28-18(26)19-17(25)15-4-3-10-22(15)16(24)9-11-21(27)12-23/h12-15,27H,3-11H2,1-2H3,(H,19,25,26)/t13?,14?,15-/m0/s1. The molecule has 0 radical (unpaired) electrons. The monoisotopic (exact) mass is 398 g/mol. The van der Waals surface area contributed by atoms with Crippen LogP contribution in [0.25, 0.3) is 0 Å². The van der Waals surface area contributed by atoms with E-state index in [1.807, 2.05) is 14.1 Å². The molecule has 2 N–H and O–H groups in total. The average molecular weight is 398 g/mol. The molecule has 0 unspecified atom stereocenters. The van der Waals surface area contributed by atoms with Gasteiger partial charge in [0.15, 0.2) is 0 Å². The van der Waals surface area contributed by atoms with Gasteiger partial charge in [-0.05, 0) is 52.6 Å². The molecule has 1 atom stereocenters. The lowest BCUT2D eigenvalue weighted by molar-refractivity contribution is -0.152. The zero-order valence-electron chi connectivity index (χ0n) is 16.5. The van der Waals surface area contributed by atoms with Crippen LogP contribution in [-0.2, 0) is 19.1 Å². The fourth-order valence-electron chi connectivity index (χ4n) is 3.79. The third-order valence-corrected chi connectivity index (χ3v) is 5.43. The van der Waals surface area contributed by atoms with Crippen LogP contribution in [0.2, 0.25) is 0 Å². The summed E-state index contributed by atoms with van der Waals surface area (Å²) in [4.78, 5) is 50.7. The fraction of sp³-hybridized carbons (Fsp3) is 0.778. The van der Waals surface area contributed by atoms with Gasteiger partial charge in [-0.2, -0.15) is 0 Å². The van der Waals surface area contributed by atoms with Crippen LogP contribution in [0, 0.1) is 0 Å². The molecule has 1 heterocycles. The van der Waals surface area contributed by atoms with Gasteiger partial charge in [-0.25, -0.2) is 9.86 Å². The zero-order chi connectivity index (χ0) is 20.7. The normalized spacial score (nSPS) is 24.7. The first-order valence-electron chi connectivity index (χ1n) is 9.70. The average Bonchev–Trinajstić information content (AvgIpc) is 3.16. The number of likely N-dealkylation sites (tertiary alicyclic amines) is 1. The van der Waals surface area contributed by atoms with E-state index in [1.54, 1.807) is 0 Å². The number of nitrogens with zero attached hydrogens (tertiary/aromatic N) is 3. The predicted octanol–water partition coefficient (Wildman–Crippen LogP) is 0.341. The number of carbonyl (C=O) groups is 4. The van der Waals surface area contributed by atoms with E-state index in [1.165, 1.54) is 4.90 Å². The summed E-state index contributed by atoms with van der Waals surface area (Å²) in [6, 6.07) is -0.260. The Kier molecular flexibility index (Phi) is 8.18. The number of imide groups is 1. The van der Waals surface area contributed by atoms with Crippen molar-refractivity contribution < 1.29 is 29.1 Å². The number of hydrogen-bond donors (Lipinski definition) is 2. The molecule has 1 saturated carbocycles. The van der Waals surface area contributed by atoms with Crippen molar-refractivity contribution in [3.63, 3.8) is 0 Å². The highest BCUT2D eigenvalue weighted by Crippen LogP contribution is 2.24. The van der Waals surface area contributed by atoms with Crippen molar-refractivity contribution in [2.75, 3.05) is 27.2 Å². The molecule has 0 bridgehead atoms. The smallest absolute Gasteiger partial charge is 0.414 e. The maximum Gasteiger partial charge on any atom is 0.414 e. The minimum absolute atomic E-state index is 0.0986. The van der Waals surface area contributed by atoms with E-state index in [2.05, 4.69) is 10.2 Å². The fourth-order valence-corrected chi connectivity index (χ4v) is 3.79. The first-order chi connectivity index (χ1) is 13.3. The Hall–Kier alpha value is -2.20. The summed E-state index contributed by atoms with van der Waals surface area (Å²) in [6.07, 6.45) is 3.62. The number of rotatable bonds is 7. The quantitative estimate of drug-likeness (QED) is 0.360. The summed E-state index contributed by atoms with van der Waals surface area (Å²) in [5.41, 5.74) is 0. The maximum atomic E-state index is 12.4. The second kappa shape index (κ2) is 10.4. The molecule has 1 saturated heterocycles. The van der Waals surface area contributed by atoms with E-state index in [-0.39, 0.29) is 31.4 Å². The van der Waals surface area contributed by atoms with Gasteiger partial charge in [0.2, 0.25) is 12.3 Å². The second-order valence-electron chi connectivity index (χ2n) is 7.55. The molecule has 2 aliphatic rings. The first-order valence-corrected chi connectivity index (χ1v) is 9.70. The topological polar surface area (TPSA) is 119 Å². The summed E-state index contributed by atoms with van der Waals surface area (Å²) < 4.78 is 5.37. The number of hydrogen-bond acceptors (Lipinski definition) is 7. The lowest BCUT2D eigenvalue weighted by Crippen LogP contribution is -2.48. The van der Waals surface area contributed by atoms with Gasteiger partial charge in [0, 0.05) is 19.0 Å². The molecule has 1 aliphatic carbocycles. The highest BCUT2D eigenvalue weighted by Gasteiger charge is 2.35. The highest BCUT2D eigenvalue weighted by molar-refractivity contribution is 5.97. The summed E-state index contributed by atoms with van der Waals surface area (Å²) >= 11 is 0. The van der Waals surface area contributed by atoms with Crippen molar-refractivity contribution in [1.29, 1.82) is 0 Å². The van der Waals surface area contributed by atoms with Crippen molar-refractivity contribution in [3.05, 3.63) is 0 Å². The third kappa shape index (κ3) is 6.16. The Morgan fingerprint density at radius 3 is 2.46 bits per heavy atom. The van der Waals surface area contributed by atoms with Gasteiger partial charge in [0.25, 0.3) is 5.91 Å². The third-order valence-electron chi connectivity index (χ3n) is 5.43. The largest absolute Gasteiger partial charge is 0.446 e. The molecule has 0 aromatic heterocycles. The molecule has 0 spiro atoms. The SMILES string of the molecule is CN(C)C1CCC(OC(=O)NC(=O)[C@@H]2CCCN2C(=O)CCN(O)C=O)CC1. The van der Waals surface area contributed by atoms with Crippen LogP contribution in [0.1, 0.15) is 44.9 Å². The van der Waals surface area contributed by atoms with Crippen molar-refractivity contribution >= 4 is 24.3 Å². The minimum Gasteiger partial charge on any atom is -0.446 e. The van der Waals surface area contributed by atoms with Gasteiger partial charge in [-0.15, -0.1) is 0 Å². The zero-order valence-corrected chi connectivity index (χ0v) is 16.5. The van der Waals surface area contributed by atoms with E-state index >= 15 is 0 Å². The molecule has 158 valence electrons. The number of amides is 4. The van der Waals surface area contributed by atoms with Crippen LogP contribution < -0.4 is 5.32 Å². The van der Waals surface area contributed by atoms with E-state index in [9.17, 15) is 19.2 Å². The van der Waals surface area contributed by atoms with Crippen LogP contribution >= 0.6 is 0 Å². The van der Waals surface area contributed by atoms with E-state index in [0.29, 0.717) is 30.5 Å². The van der Waals surface area contributed by atoms with Crippen LogP contribution in [0.4, 0.5) is 4.79 Å². The molecule has 28 heavy (non-hydrogen) atoms. The van der Waals surface area contributed by atoms with Crippen LogP contribution in [-0.4, -0.2) is 89.8 Å². The first kappa shape index (κ1) is 22.1.